The van der Waals surface area contributed by atoms with Crippen LogP contribution in [0, 0.1) is 43.4 Å². The van der Waals surface area contributed by atoms with Gasteiger partial charge in [-0.3, -0.25) is 0 Å². The highest BCUT2D eigenvalue weighted by atomic mass is 35.5. The number of rotatable bonds is 1. The van der Waals surface area contributed by atoms with Crippen LogP contribution < -0.4 is 4.74 Å². The van der Waals surface area contributed by atoms with E-state index < -0.39 is 0 Å². The molecule has 2 heterocycles. The van der Waals surface area contributed by atoms with Gasteiger partial charge in [0.2, 0.25) is 5.88 Å². The number of halogens is 2. The van der Waals surface area contributed by atoms with Crippen molar-refractivity contribution in [1.82, 2.24) is 9.97 Å². The van der Waals surface area contributed by atoms with Crippen molar-refractivity contribution in [3.05, 3.63) is 50.4 Å². The summed E-state index contributed by atoms with van der Waals surface area (Å²) in [5.74, 6) is 0.427. The minimum atomic E-state index is 0.189. The Kier molecular flexibility index (Phi) is 6.78. The molecule has 0 saturated carbocycles. The Morgan fingerprint density at radius 2 is 1.52 bits per heavy atom. The molecule has 0 aliphatic carbocycles. The van der Waals surface area contributed by atoms with Gasteiger partial charge in [0, 0.05) is 6.07 Å². The average molecular weight is 349 g/mol. The molecule has 23 heavy (non-hydrogen) atoms. The van der Waals surface area contributed by atoms with Crippen LogP contribution in [0.3, 0.4) is 0 Å². The van der Waals surface area contributed by atoms with Crippen LogP contribution in [0.2, 0.25) is 10.3 Å². The third-order valence-corrected chi connectivity index (χ3v) is 3.42. The lowest BCUT2D eigenvalue weighted by molar-refractivity contribution is 0.397. The molecule has 0 aliphatic rings. The SMILES string of the molecule is COc1cc(C)c(C#N)c(Cl)n1.Cc1cc(Cl)nc(C)c1C#N. The van der Waals surface area contributed by atoms with Gasteiger partial charge in [0.25, 0.3) is 0 Å². The zero-order chi connectivity index (χ0) is 17.6. The summed E-state index contributed by atoms with van der Waals surface area (Å²) in [6.07, 6.45) is 0. The molecule has 0 N–H and O–H groups in total. The lowest BCUT2D eigenvalue weighted by atomic mass is 10.1. The molecule has 0 unspecified atom stereocenters. The summed E-state index contributed by atoms with van der Waals surface area (Å²) in [6, 6.07) is 7.39. The Bertz CT molecular complexity index is 761. The first kappa shape index (κ1) is 18.7. The highest BCUT2D eigenvalue weighted by Gasteiger charge is 2.07. The highest BCUT2D eigenvalue weighted by molar-refractivity contribution is 6.30. The van der Waals surface area contributed by atoms with Crippen molar-refractivity contribution in [2.24, 2.45) is 0 Å². The van der Waals surface area contributed by atoms with E-state index in [1.807, 2.05) is 13.0 Å². The van der Waals surface area contributed by atoms with Crippen LogP contribution in [0.1, 0.15) is 27.9 Å². The highest BCUT2D eigenvalue weighted by Crippen LogP contribution is 2.21. The number of methoxy groups -OCH3 is 1. The smallest absolute Gasteiger partial charge is 0.214 e. The van der Waals surface area contributed by atoms with Gasteiger partial charge in [0.1, 0.15) is 17.3 Å². The summed E-state index contributed by atoms with van der Waals surface area (Å²) in [6.45, 7) is 5.41. The maximum absolute atomic E-state index is 8.66. The van der Waals surface area contributed by atoms with Crippen molar-refractivity contribution in [3.8, 4) is 18.0 Å². The molecule has 0 fully saturated rings. The number of nitrogens with zero attached hydrogens (tertiary/aromatic N) is 4. The zero-order valence-electron chi connectivity index (χ0n) is 13.1. The van der Waals surface area contributed by atoms with Gasteiger partial charge in [0.15, 0.2) is 5.15 Å². The minimum absolute atomic E-state index is 0.189. The fourth-order valence-corrected chi connectivity index (χ4v) is 2.36. The Morgan fingerprint density at radius 1 is 0.957 bits per heavy atom. The molecule has 2 aromatic heterocycles. The van der Waals surface area contributed by atoms with Crippen LogP contribution >= 0.6 is 23.2 Å². The number of hydrogen-bond acceptors (Lipinski definition) is 5. The van der Waals surface area contributed by atoms with E-state index >= 15 is 0 Å². The Balaban J connectivity index is 0.000000231. The van der Waals surface area contributed by atoms with E-state index in [1.165, 1.54) is 7.11 Å². The number of aryl methyl sites for hydroxylation is 3. The fraction of sp³-hybridized carbons (Fsp3) is 0.250. The summed E-state index contributed by atoms with van der Waals surface area (Å²) in [5.41, 5.74) is 3.36. The molecular formula is C16H14Cl2N4O. The van der Waals surface area contributed by atoms with E-state index in [9.17, 15) is 0 Å². The van der Waals surface area contributed by atoms with E-state index in [2.05, 4.69) is 16.0 Å². The first-order valence-electron chi connectivity index (χ1n) is 6.49. The summed E-state index contributed by atoms with van der Waals surface area (Å²) in [5, 5.41) is 17.9. The van der Waals surface area contributed by atoms with Gasteiger partial charge in [-0.25, -0.2) is 9.97 Å². The number of aromatic nitrogens is 2. The molecule has 0 aromatic carbocycles. The van der Waals surface area contributed by atoms with Gasteiger partial charge in [-0.15, -0.1) is 0 Å². The second kappa shape index (κ2) is 8.33. The summed E-state index contributed by atoms with van der Waals surface area (Å²) < 4.78 is 4.87. The fourth-order valence-electron chi connectivity index (χ4n) is 1.80. The van der Waals surface area contributed by atoms with Gasteiger partial charge < -0.3 is 4.74 Å². The van der Waals surface area contributed by atoms with Crippen LogP contribution in [-0.4, -0.2) is 17.1 Å². The lowest BCUT2D eigenvalue weighted by Gasteiger charge is -2.02. The van der Waals surface area contributed by atoms with Crippen LogP contribution in [0.15, 0.2) is 12.1 Å². The first-order valence-corrected chi connectivity index (χ1v) is 7.24. The quantitative estimate of drug-likeness (QED) is 0.723. The summed E-state index contributed by atoms with van der Waals surface area (Å²) in [4.78, 5) is 7.79. The van der Waals surface area contributed by atoms with E-state index in [4.69, 9.17) is 38.5 Å². The monoisotopic (exact) mass is 348 g/mol. The second-order valence-corrected chi connectivity index (χ2v) is 5.34. The molecule has 7 heteroatoms. The number of hydrogen-bond donors (Lipinski definition) is 0. The van der Waals surface area contributed by atoms with Crippen LogP contribution in [-0.2, 0) is 0 Å². The van der Waals surface area contributed by atoms with Crippen molar-refractivity contribution in [2.45, 2.75) is 20.8 Å². The largest absolute Gasteiger partial charge is 0.481 e. The van der Waals surface area contributed by atoms with Gasteiger partial charge in [-0.2, -0.15) is 10.5 Å². The normalized spacial score (nSPS) is 9.22. The van der Waals surface area contributed by atoms with Gasteiger partial charge in [0.05, 0.1) is 23.9 Å². The topological polar surface area (TPSA) is 82.6 Å². The predicted molar refractivity (Wildman–Crippen MR) is 88.7 cm³/mol. The Labute approximate surface area is 145 Å². The molecule has 0 radical (unpaired) electrons. The van der Waals surface area contributed by atoms with Crippen LogP contribution in [0.4, 0.5) is 0 Å². The van der Waals surface area contributed by atoms with Crippen molar-refractivity contribution in [1.29, 1.82) is 10.5 Å². The van der Waals surface area contributed by atoms with E-state index in [1.54, 1.807) is 26.0 Å². The maximum atomic E-state index is 8.66. The van der Waals surface area contributed by atoms with E-state index in [-0.39, 0.29) is 5.15 Å². The summed E-state index contributed by atoms with van der Waals surface area (Å²) >= 11 is 11.4. The molecular weight excluding hydrogens is 335 g/mol. The third-order valence-electron chi connectivity index (χ3n) is 2.95. The number of nitriles is 2. The molecule has 0 bridgehead atoms. The molecule has 0 atom stereocenters. The Hall–Kier alpha value is -2.34. The van der Waals surface area contributed by atoms with Crippen molar-refractivity contribution >= 4 is 23.2 Å². The maximum Gasteiger partial charge on any atom is 0.214 e. The molecule has 0 aliphatic heterocycles. The molecule has 2 rings (SSSR count). The van der Waals surface area contributed by atoms with Gasteiger partial charge in [-0.05, 0) is 38.0 Å². The second-order valence-electron chi connectivity index (χ2n) is 4.59. The minimum Gasteiger partial charge on any atom is -0.481 e. The van der Waals surface area contributed by atoms with Gasteiger partial charge in [-0.1, -0.05) is 23.2 Å². The molecule has 2 aromatic rings. The van der Waals surface area contributed by atoms with E-state index in [0.717, 1.165) is 11.1 Å². The molecule has 0 saturated heterocycles. The van der Waals surface area contributed by atoms with E-state index in [0.29, 0.717) is 27.9 Å². The van der Waals surface area contributed by atoms with Crippen molar-refractivity contribution < 1.29 is 4.74 Å². The van der Waals surface area contributed by atoms with Crippen LogP contribution in [0.5, 0.6) is 5.88 Å². The molecule has 5 nitrogen and oxygen atoms in total. The predicted octanol–water partition coefficient (Wildman–Crippen LogP) is 4.15. The standard InChI is InChI=1S/C8H7ClN2O.C8H7ClN2/c1-5-3-7(12-2)11-8(9)6(5)4-10;1-5-3-8(9)11-6(2)7(5)4-10/h3H,1-2H3;3H,1-2H3. The average Bonchev–Trinajstić information content (AvgIpc) is 2.47. The molecule has 0 amide bonds. The number of pyridine rings is 2. The van der Waals surface area contributed by atoms with Crippen LogP contribution in [0.25, 0.3) is 0 Å². The van der Waals surface area contributed by atoms with Crippen molar-refractivity contribution in [2.75, 3.05) is 7.11 Å². The molecule has 118 valence electrons. The lowest BCUT2D eigenvalue weighted by Crippen LogP contribution is -1.92. The number of ether oxygens (including phenoxy) is 1. The molecule has 0 spiro atoms. The summed E-state index contributed by atoms with van der Waals surface area (Å²) in [7, 11) is 1.50. The third kappa shape index (κ3) is 4.82. The zero-order valence-corrected chi connectivity index (χ0v) is 14.6. The first-order chi connectivity index (χ1) is 10.8. The Morgan fingerprint density at radius 3 is 1.96 bits per heavy atom. The van der Waals surface area contributed by atoms with Crippen molar-refractivity contribution in [3.63, 3.8) is 0 Å². The van der Waals surface area contributed by atoms with Gasteiger partial charge >= 0.3 is 0 Å².